The number of hydrogen-bond donors (Lipinski definition) is 0. The van der Waals surface area contributed by atoms with Crippen molar-refractivity contribution in [2.24, 2.45) is 11.8 Å². The summed E-state index contributed by atoms with van der Waals surface area (Å²) in [6.45, 7) is -2.68. The molecule has 9 heteroatoms. The van der Waals surface area contributed by atoms with Gasteiger partial charge in [-0.25, -0.2) is 4.98 Å². The third-order valence-electron chi connectivity index (χ3n) is 4.93. The molecule has 2 aliphatic carbocycles. The van der Waals surface area contributed by atoms with Crippen LogP contribution in [0.25, 0.3) is 0 Å². The van der Waals surface area contributed by atoms with Crippen LogP contribution in [0.4, 0.5) is 0 Å². The first-order valence-electron chi connectivity index (χ1n) is 9.40. The number of carbonyl (C=O) groups excluding carboxylic acids is 2. The average molecular weight is 386 g/mol. The molecule has 0 aromatic carbocycles. The van der Waals surface area contributed by atoms with Crippen molar-refractivity contribution >= 4 is 21.9 Å². The number of esters is 1. The molecule has 2 unspecified atom stereocenters. The number of aromatic nitrogens is 1. The maximum absolute atomic E-state index is 13.4. The summed E-state index contributed by atoms with van der Waals surface area (Å²) in [5, 5.41) is 0. The van der Waals surface area contributed by atoms with Crippen molar-refractivity contribution in [2.75, 3.05) is 20.5 Å². The summed E-state index contributed by atoms with van der Waals surface area (Å²) in [6.07, 6.45) is -1.23. The standard InChI is InChI=1S/C17H21NO7S/c1-9-8-17(16(20)24-3)11-5-6-13(23-2)18-12(11)7-10(15(17)19)14(9)25-26(4,21)22/h5-6,9-10,14H,7-8H2,1-4H3/t9?,10-,14?,17+/m1/s1/i1D3. The van der Waals surface area contributed by atoms with E-state index in [0.29, 0.717) is 5.69 Å². The zero-order chi connectivity index (χ0) is 21.8. The minimum Gasteiger partial charge on any atom is -0.481 e. The number of fused-ring (bicyclic) bond motifs is 4. The number of hydrogen-bond acceptors (Lipinski definition) is 8. The lowest BCUT2D eigenvalue weighted by Crippen LogP contribution is -2.61. The van der Waals surface area contributed by atoms with Gasteiger partial charge in [-0.1, -0.05) is 12.9 Å². The van der Waals surface area contributed by atoms with Crippen LogP contribution in [0.1, 0.15) is 28.6 Å². The first-order valence-corrected chi connectivity index (χ1v) is 9.72. The van der Waals surface area contributed by atoms with Crippen LogP contribution < -0.4 is 4.74 Å². The molecule has 2 bridgehead atoms. The number of methoxy groups -OCH3 is 2. The molecule has 2 aliphatic rings. The van der Waals surface area contributed by atoms with Crippen molar-refractivity contribution in [3.8, 4) is 5.88 Å². The Morgan fingerprint density at radius 1 is 1.38 bits per heavy atom. The number of ether oxygens (including phenoxy) is 2. The summed E-state index contributed by atoms with van der Waals surface area (Å²) < 4.78 is 62.4. The van der Waals surface area contributed by atoms with Crippen molar-refractivity contribution in [3.63, 3.8) is 0 Å². The summed E-state index contributed by atoms with van der Waals surface area (Å²) in [5.74, 6) is -3.88. The molecule has 4 atom stereocenters. The van der Waals surface area contributed by atoms with Crippen molar-refractivity contribution < 1.29 is 35.8 Å². The van der Waals surface area contributed by atoms with E-state index >= 15 is 0 Å². The van der Waals surface area contributed by atoms with Crippen LogP contribution in [0.15, 0.2) is 12.1 Å². The van der Waals surface area contributed by atoms with Crippen molar-refractivity contribution in [1.29, 1.82) is 0 Å². The fourth-order valence-electron chi connectivity index (χ4n) is 3.90. The molecule has 1 heterocycles. The summed E-state index contributed by atoms with van der Waals surface area (Å²) in [7, 11) is -1.57. The van der Waals surface area contributed by atoms with Gasteiger partial charge >= 0.3 is 5.97 Å². The molecule has 0 spiro atoms. The highest BCUT2D eigenvalue weighted by molar-refractivity contribution is 7.86. The van der Waals surface area contributed by atoms with Gasteiger partial charge in [0.15, 0.2) is 11.2 Å². The van der Waals surface area contributed by atoms with Crippen LogP contribution in [-0.4, -0.2) is 51.7 Å². The molecule has 0 N–H and O–H groups in total. The molecule has 0 aliphatic heterocycles. The fraction of sp³-hybridized carbons (Fsp3) is 0.588. The molecular formula is C17H21NO7S. The Morgan fingerprint density at radius 2 is 2.12 bits per heavy atom. The van der Waals surface area contributed by atoms with Crippen LogP contribution in [0.2, 0.25) is 0 Å². The van der Waals surface area contributed by atoms with E-state index in [1.807, 2.05) is 0 Å². The molecule has 1 saturated carbocycles. The third kappa shape index (κ3) is 2.79. The lowest BCUT2D eigenvalue weighted by Gasteiger charge is -2.47. The predicted molar refractivity (Wildman–Crippen MR) is 90.2 cm³/mol. The summed E-state index contributed by atoms with van der Waals surface area (Å²) >= 11 is 0. The molecule has 3 rings (SSSR count). The number of nitrogens with zero attached hydrogens (tertiary/aromatic N) is 1. The fourth-order valence-corrected chi connectivity index (χ4v) is 4.57. The van der Waals surface area contributed by atoms with Gasteiger partial charge in [-0.15, -0.1) is 0 Å². The summed E-state index contributed by atoms with van der Waals surface area (Å²) in [6, 6.07) is 2.97. The molecule has 8 nitrogen and oxygen atoms in total. The Kier molecular flexibility index (Phi) is 3.66. The first kappa shape index (κ1) is 15.1. The van der Waals surface area contributed by atoms with E-state index in [9.17, 15) is 18.0 Å². The highest BCUT2D eigenvalue weighted by Crippen LogP contribution is 2.50. The number of pyridine rings is 1. The van der Waals surface area contributed by atoms with Gasteiger partial charge in [0.05, 0.1) is 38.2 Å². The van der Waals surface area contributed by atoms with E-state index in [1.54, 1.807) is 0 Å². The average Bonchev–Trinajstić information content (AvgIpc) is 2.61. The van der Waals surface area contributed by atoms with E-state index in [4.69, 9.17) is 17.8 Å². The minimum absolute atomic E-state index is 0.0864. The first-order chi connectivity index (χ1) is 13.3. The zero-order valence-electron chi connectivity index (χ0n) is 17.5. The second kappa shape index (κ2) is 6.31. The van der Waals surface area contributed by atoms with Crippen LogP contribution in [-0.2, 0) is 40.5 Å². The van der Waals surface area contributed by atoms with Gasteiger partial charge in [0.2, 0.25) is 5.88 Å². The number of rotatable bonds is 4. The normalized spacial score (nSPS) is 32.7. The Morgan fingerprint density at radius 3 is 2.69 bits per heavy atom. The SMILES string of the molecule is [2H]C([2H])([2H])C1C[C@@]2(C(=O)OC)C(=O)[C@H](Cc3nc(OC)ccc32)C1OS(C)(=O)=O. The minimum atomic E-state index is -4.08. The molecular weight excluding hydrogens is 362 g/mol. The van der Waals surface area contributed by atoms with Crippen LogP contribution in [0.3, 0.4) is 0 Å². The third-order valence-corrected chi connectivity index (χ3v) is 5.50. The number of carbonyl (C=O) groups is 2. The smallest absolute Gasteiger partial charge is 0.323 e. The summed E-state index contributed by atoms with van der Waals surface area (Å²) in [5.41, 5.74) is -1.31. The maximum atomic E-state index is 13.4. The molecule has 0 amide bonds. The van der Waals surface area contributed by atoms with Gasteiger partial charge in [0, 0.05) is 16.6 Å². The Hall–Kier alpha value is -2.00. The van der Waals surface area contributed by atoms with Crippen molar-refractivity contribution in [1.82, 2.24) is 4.98 Å². The monoisotopic (exact) mass is 386 g/mol. The molecule has 1 aromatic heterocycles. The van der Waals surface area contributed by atoms with E-state index in [-0.39, 0.29) is 17.9 Å². The van der Waals surface area contributed by atoms with Gasteiger partial charge < -0.3 is 9.47 Å². The molecule has 142 valence electrons. The highest BCUT2D eigenvalue weighted by atomic mass is 32.2. The van der Waals surface area contributed by atoms with Gasteiger partial charge in [0.25, 0.3) is 10.1 Å². The van der Waals surface area contributed by atoms with Gasteiger partial charge in [-0.2, -0.15) is 8.42 Å². The summed E-state index contributed by atoms with van der Waals surface area (Å²) in [4.78, 5) is 30.5. The van der Waals surface area contributed by atoms with Crippen LogP contribution in [0, 0.1) is 11.8 Å². The molecule has 0 radical (unpaired) electrons. The zero-order valence-corrected chi connectivity index (χ0v) is 15.3. The topological polar surface area (TPSA) is 109 Å². The lowest BCUT2D eigenvalue weighted by molar-refractivity contribution is -0.160. The van der Waals surface area contributed by atoms with Crippen molar-refractivity contribution in [3.05, 3.63) is 23.4 Å². The molecule has 0 saturated heterocycles. The second-order valence-electron chi connectivity index (χ2n) is 6.50. The predicted octanol–water partition coefficient (Wildman–Crippen LogP) is 0.627. The van der Waals surface area contributed by atoms with Gasteiger partial charge in [-0.05, 0) is 17.9 Å². The van der Waals surface area contributed by atoms with Crippen molar-refractivity contribution in [2.45, 2.75) is 31.2 Å². The van der Waals surface area contributed by atoms with Gasteiger partial charge in [0.1, 0.15) is 0 Å². The second-order valence-corrected chi connectivity index (χ2v) is 8.10. The largest absolute Gasteiger partial charge is 0.481 e. The van der Waals surface area contributed by atoms with Crippen LogP contribution in [0.5, 0.6) is 5.88 Å². The van der Waals surface area contributed by atoms with E-state index < -0.39 is 58.5 Å². The van der Waals surface area contributed by atoms with Crippen LogP contribution >= 0.6 is 0 Å². The number of ketones is 1. The number of Topliss-reactive ketones (excluding diaryl/α,β-unsaturated/α-hetero) is 1. The molecule has 1 fully saturated rings. The molecule has 1 aromatic rings. The quantitative estimate of drug-likeness (QED) is 0.421. The van der Waals surface area contributed by atoms with E-state index in [0.717, 1.165) is 13.4 Å². The van der Waals surface area contributed by atoms with Gasteiger partial charge in [-0.3, -0.25) is 13.8 Å². The Balaban J connectivity index is 2.27. The maximum Gasteiger partial charge on any atom is 0.323 e. The Labute approximate surface area is 156 Å². The van der Waals surface area contributed by atoms with E-state index in [1.165, 1.54) is 19.2 Å². The lowest BCUT2D eigenvalue weighted by atomic mass is 9.56. The van der Waals surface area contributed by atoms with E-state index in [2.05, 4.69) is 4.98 Å². The highest BCUT2D eigenvalue weighted by Gasteiger charge is 2.62. The Bertz CT molecular complexity index is 962. The molecule has 26 heavy (non-hydrogen) atoms.